The molecule has 22 heavy (non-hydrogen) atoms. The maximum Gasteiger partial charge on any atom is 0.253 e. The molecular weight excluding hydrogens is 300 g/mol. The van der Waals surface area contributed by atoms with Crippen molar-refractivity contribution < 1.29 is 9.63 Å². The van der Waals surface area contributed by atoms with E-state index in [1.54, 1.807) is 34.7 Å². The first-order valence-electron chi connectivity index (χ1n) is 7.34. The second-order valence-corrected chi connectivity index (χ2v) is 5.91. The summed E-state index contributed by atoms with van der Waals surface area (Å²) in [6.45, 7) is 4.06. The number of aryl methyl sites for hydroxylation is 1. The van der Waals surface area contributed by atoms with Crippen molar-refractivity contribution in [3.05, 3.63) is 40.0 Å². The lowest BCUT2D eigenvalue weighted by atomic mass is 10.2. The number of hydrogen-bond acceptors (Lipinski definition) is 6. The number of nitrogens with zero attached hydrogens (tertiary/aromatic N) is 3. The van der Waals surface area contributed by atoms with Gasteiger partial charge in [-0.15, -0.1) is 11.3 Å². The molecule has 1 aliphatic rings. The Morgan fingerprint density at radius 1 is 1.50 bits per heavy atom. The zero-order chi connectivity index (χ0) is 15.4. The van der Waals surface area contributed by atoms with Crippen molar-refractivity contribution in [2.45, 2.75) is 26.3 Å². The Hall–Kier alpha value is -1.99. The quantitative estimate of drug-likeness (QED) is 0.915. The number of aromatic nitrogens is 2. The van der Waals surface area contributed by atoms with Crippen LogP contribution in [0.3, 0.4) is 0 Å². The fraction of sp³-hybridized carbons (Fsp3) is 0.400. The molecule has 0 radical (unpaired) electrons. The maximum atomic E-state index is 12.1. The third kappa shape index (κ3) is 3.42. The van der Waals surface area contributed by atoms with Crippen molar-refractivity contribution in [2.24, 2.45) is 0 Å². The molecule has 0 spiro atoms. The Morgan fingerprint density at radius 3 is 3.05 bits per heavy atom. The number of hydroxylamine groups is 1. The van der Waals surface area contributed by atoms with E-state index >= 15 is 0 Å². The van der Waals surface area contributed by atoms with Crippen molar-refractivity contribution in [2.75, 3.05) is 18.2 Å². The normalized spacial score (nSPS) is 14.3. The molecule has 116 valence electrons. The first-order chi connectivity index (χ1) is 10.8. The van der Waals surface area contributed by atoms with Gasteiger partial charge in [-0.1, -0.05) is 6.92 Å². The molecule has 2 aromatic rings. The molecule has 6 nitrogen and oxygen atoms in total. The van der Waals surface area contributed by atoms with Gasteiger partial charge in [0.15, 0.2) is 5.82 Å². The highest BCUT2D eigenvalue weighted by Crippen LogP contribution is 2.16. The molecule has 3 rings (SSSR count). The van der Waals surface area contributed by atoms with Gasteiger partial charge in [-0.3, -0.25) is 9.63 Å². The number of carbonyl (C=O) groups is 1. The predicted molar refractivity (Wildman–Crippen MR) is 84.8 cm³/mol. The second-order valence-electron chi connectivity index (χ2n) is 4.96. The maximum absolute atomic E-state index is 12.1. The van der Waals surface area contributed by atoms with Crippen LogP contribution in [-0.4, -0.2) is 29.0 Å². The molecule has 0 bridgehead atoms. The van der Waals surface area contributed by atoms with Crippen LogP contribution in [0.15, 0.2) is 23.7 Å². The van der Waals surface area contributed by atoms with E-state index in [4.69, 9.17) is 4.84 Å². The molecule has 0 aliphatic carbocycles. The number of anilines is 1. The van der Waals surface area contributed by atoms with Gasteiger partial charge in [0, 0.05) is 18.1 Å². The largest absolute Gasteiger partial charge is 0.345 e. The molecule has 1 amide bonds. The number of rotatable bonds is 5. The Bertz CT molecular complexity index is 635. The van der Waals surface area contributed by atoms with Gasteiger partial charge < -0.3 is 5.32 Å². The molecular formula is C15H18N4O2S. The lowest BCUT2D eigenvalue weighted by molar-refractivity contribution is 0.0950. The minimum atomic E-state index is -0.144. The van der Waals surface area contributed by atoms with Crippen LogP contribution >= 0.6 is 11.3 Å². The van der Waals surface area contributed by atoms with Gasteiger partial charge in [-0.2, -0.15) is 0 Å². The molecule has 7 heteroatoms. The Balaban J connectivity index is 1.57. The van der Waals surface area contributed by atoms with Crippen molar-refractivity contribution in [3.63, 3.8) is 0 Å². The van der Waals surface area contributed by atoms with Crippen LogP contribution in [0.4, 0.5) is 5.82 Å². The molecule has 1 fully saturated rings. The second kappa shape index (κ2) is 6.85. The summed E-state index contributed by atoms with van der Waals surface area (Å²) in [6, 6.07) is 3.57. The summed E-state index contributed by atoms with van der Waals surface area (Å²) in [5.74, 6) is 0.594. The predicted octanol–water partition coefficient (Wildman–Crippen LogP) is 2.17. The number of hydrogen-bond donors (Lipinski definition) is 1. The van der Waals surface area contributed by atoms with Gasteiger partial charge in [-0.25, -0.2) is 15.0 Å². The minimum Gasteiger partial charge on any atom is -0.345 e. The topological polar surface area (TPSA) is 67.4 Å². The number of pyridine rings is 1. The van der Waals surface area contributed by atoms with Crippen LogP contribution in [0.5, 0.6) is 0 Å². The smallest absolute Gasteiger partial charge is 0.253 e. The van der Waals surface area contributed by atoms with Crippen molar-refractivity contribution in [1.82, 2.24) is 15.3 Å². The van der Waals surface area contributed by atoms with Gasteiger partial charge in [0.25, 0.3) is 5.91 Å². The molecule has 0 unspecified atom stereocenters. The van der Waals surface area contributed by atoms with E-state index < -0.39 is 0 Å². The molecule has 3 heterocycles. The van der Waals surface area contributed by atoms with Crippen LogP contribution in [0.25, 0.3) is 0 Å². The molecule has 1 N–H and O–H groups in total. The summed E-state index contributed by atoms with van der Waals surface area (Å²) in [5, 5.41) is 7.56. The lowest BCUT2D eigenvalue weighted by Crippen LogP contribution is -2.23. The highest BCUT2D eigenvalue weighted by molar-refractivity contribution is 7.09. The summed E-state index contributed by atoms with van der Waals surface area (Å²) in [5.41, 5.74) is 1.60. The van der Waals surface area contributed by atoms with E-state index in [0.717, 1.165) is 42.5 Å². The highest BCUT2D eigenvalue weighted by Gasteiger charge is 2.15. The summed E-state index contributed by atoms with van der Waals surface area (Å²) < 4.78 is 0. The number of thiazole rings is 1. The van der Waals surface area contributed by atoms with Gasteiger partial charge in [0.1, 0.15) is 5.01 Å². The summed E-state index contributed by atoms with van der Waals surface area (Å²) in [7, 11) is 0. The number of nitrogens with one attached hydrogen (secondary N) is 1. The summed E-state index contributed by atoms with van der Waals surface area (Å²) in [4.78, 5) is 26.2. The van der Waals surface area contributed by atoms with Crippen LogP contribution in [0.2, 0.25) is 0 Å². The van der Waals surface area contributed by atoms with E-state index in [2.05, 4.69) is 22.2 Å². The lowest BCUT2D eigenvalue weighted by Gasteiger charge is -2.14. The minimum absolute atomic E-state index is 0.144. The number of amides is 1. The molecule has 1 aliphatic heterocycles. The third-order valence-corrected chi connectivity index (χ3v) is 4.28. The average Bonchev–Trinajstić information content (AvgIpc) is 3.24. The number of carbonyl (C=O) groups excluding carboxylic acids is 1. The zero-order valence-corrected chi connectivity index (χ0v) is 13.2. The monoisotopic (exact) mass is 318 g/mol. The van der Waals surface area contributed by atoms with Gasteiger partial charge >= 0.3 is 0 Å². The summed E-state index contributed by atoms with van der Waals surface area (Å²) in [6.07, 6.45) is 3.48. The Morgan fingerprint density at radius 2 is 2.41 bits per heavy atom. The van der Waals surface area contributed by atoms with Crippen molar-refractivity contribution in [3.8, 4) is 0 Å². The average molecular weight is 318 g/mol. The first-order valence-corrected chi connectivity index (χ1v) is 8.22. The fourth-order valence-corrected chi connectivity index (χ4v) is 2.96. The standard InChI is InChI=1S/C15H18N4O2S/c1-2-12-10-22-14(18-12)9-17-15(20)11-4-5-13(16-8-11)19-6-3-7-21-19/h4-5,8,10H,2-3,6-7,9H2,1H3,(H,17,20). The van der Waals surface area contributed by atoms with E-state index in [-0.39, 0.29) is 5.91 Å². The van der Waals surface area contributed by atoms with E-state index in [9.17, 15) is 4.79 Å². The zero-order valence-electron chi connectivity index (χ0n) is 12.4. The van der Waals surface area contributed by atoms with Crippen LogP contribution in [-0.2, 0) is 17.8 Å². The summed E-state index contributed by atoms with van der Waals surface area (Å²) >= 11 is 1.57. The van der Waals surface area contributed by atoms with Gasteiger partial charge in [0.2, 0.25) is 0 Å². The van der Waals surface area contributed by atoms with E-state index in [0.29, 0.717) is 12.1 Å². The van der Waals surface area contributed by atoms with Crippen LogP contribution in [0, 0.1) is 0 Å². The van der Waals surface area contributed by atoms with Crippen LogP contribution in [0.1, 0.15) is 34.4 Å². The van der Waals surface area contributed by atoms with E-state index in [1.165, 1.54) is 0 Å². The van der Waals surface area contributed by atoms with Crippen molar-refractivity contribution >= 4 is 23.1 Å². The Kier molecular flexibility index (Phi) is 4.65. The fourth-order valence-electron chi connectivity index (χ4n) is 2.15. The molecule has 1 saturated heterocycles. The van der Waals surface area contributed by atoms with Crippen LogP contribution < -0.4 is 10.4 Å². The highest BCUT2D eigenvalue weighted by atomic mass is 32.1. The van der Waals surface area contributed by atoms with Crippen molar-refractivity contribution in [1.29, 1.82) is 0 Å². The molecule has 2 aromatic heterocycles. The Labute approximate surface area is 133 Å². The van der Waals surface area contributed by atoms with Gasteiger partial charge in [0.05, 0.1) is 24.4 Å². The first kappa shape index (κ1) is 14.9. The van der Waals surface area contributed by atoms with E-state index in [1.807, 2.05) is 5.38 Å². The molecule has 0 aromatic carbocycles. The molecule has 0 saturated carbocycles. The molecule has 0 atom stereocenters. The van der Waals surface area contributed by atoms with Gasteiger partial charge in [-0.05, 0) is 25.0 Å². The SMILES string of the molecule is CCc1csc(CNC(=O)c2ccc(N3CCCO3)nc2)n1. The third-order valence-electron chi connectivity index (χ3n) is 3.38.